The lowest BCUT2D eigenvalue weighted by atomic mass is 10.2. The lowest BCUT2D eigenvalue weighted by molar-refractivity contribution is -0.127. The highest BCUT2D eigenvalue weighted by Crippen LogP contribution is 2.32. The first-order valence-electron chi connectivity index (χ1n) is 8.48. The summed E-state index contributed by atoms with van der Waals surface area (Å²) in [4.78, 5) is 30.9. The van der Waals surface area contributed by atoms with Crippen LogP contribution < -0.4 is 5.32 Å². The largest absolute Gasteiger partial charge is 0.508 e. The van der Waals surface area contributed by atoms with Crippen LogP contribution in [0.2, 0.25) is 0 Å². The van der Waals surface area contributed by atoms with Gasteiger partial charge in [-0.3, -0.25) is 14.5 Å². The normalized spacial score (nSPS) is 17.8. The van der Waals surface area contributed by atoms with Crippen molar-refractivity contribution in [3.63, 3.8) is 0 Å². The predicted molar refractivity (Wildman–Crippen MR) is 108 cm³/mol. The van der Waals surface area contributed by atoms with Crippen LogP contribution in [0, 0.1) is 5.82 Å². The summed E-state index contributed by atoms with van der Waals surface area (Å²) in [5.74, 6) is -0.842. The minimum absolute atomic E-state index is 0.0386. The summed E-state index contributed by atoms with van der Waals surface area (Å²) in [5.41, 5.74) is 1.04. The molecule has 1 saturated heterocycles. The zero-order valence-corrected chi connectivity index (χ0v) is 15.7. The van der Waals surface area contributed by atoms with Gasteiger partial charge in [0.25, 0.3) is 0 Å². The number of amides is 2. The molecule has 2 aromatic carbocycles. The monoisotopic (exact) mass is 399 g/mol. The highest BCUT2D eigenvalue weighted by atomic mass is 32.2. The van der Waals surface area contributed by atoms with Crippen molar-refractivity contribution in [3.8, 4) is 5.75 Å². The Morgan fingerprint density at radius 2 is 1.93 bits per heavy atom. The smallest absolute Gasteiger partial charge is 0.242 e. The molecule has 1 fully saturated rings. The number of thioether (sulfide) groups is 1. The second-order valence-electron chi connectivity index (χ2n) is 6.01. The maximum atomic E-state index is 13.0. The SMILES string of the molecule is C=CCN1C(=O)[C@@H](CC(=O)Nc2ccc(F)cc2)SC1=Nc1ccc(O)cc1. The number of aliphatic imine (C=N–C) groups is 1. The predicted octanol–water partition coefficient (Wildman–Crippen LogP) is 3.68. The Hall–Kier alpha value is -3.13. The van der Waals surface area contributed by atoms with E-state index in [0.717, 1.165) is 0 Å². The summed E-state index contributed by atoms with van der Waals surface area (Å²) >= 11 is 1.20. The van der Waals surface area contributed by atoms with E-state index >= 15 is 0 Å². The van der Waals surface area contributed by atoms with Crippen molar-refractivity contribution in [2.45, 2.75) is 11.7 Å². The molecule has 0 aromatic heterocycles. The zero-order valence-electron chi connectivity index (χ0n) is 14.8. The van der Waals surface area contributed by atoms with Crippen LogP contribution in [-0.2, 0) is 9.59 Å². The molecule has 1 atom stereocenters. The van der Waals surface area contributed by atoms with Crippen molar-refractivity contribution in [1.29, 1.82) is 0 Å². The Morgan fingerprint density at radius 1 is 1.25 bits per heavy atom. The number of rotatable bonds is 6. The maximum Gasteiger partial charge on any atom is 0.242 e. The average molecular weight is 399 g/mol. The number of carbonyl (C=O) groups is 2. The number of nitrogens with zero attached hydrogens (tertiary/aromatic N) is 2. The third-order valence-corrected chi connectivity index (χ3v) is 5.08. The lowest BCUT2D eigenvalue weighted by Gasteiger charge is -2.13. The Balaban J connectivity index is 1.72. The van der Waals surface area contributed by atoms with Gasteiger partial charge in [-0.05, 0) is 48.5 Å². The molecule has 0 unspecified atom stereocenters. The summed E-state index contributed by atoms with van der Waals surface area (Å²) in [6.45, 7) is 3.94. The molecule has 8 heteroatoms. The first kappa shape index (κ1) is 19.6. The van der Waals surface area contributed by atoms with Crippen molar-refractivity contribution in [1.82, 2.24) is 4.90 Å². The second-order valence-corrected chi connectivity index (χ2v) is 7.18. The number of hydrogen-bond donors (Lipinski definition) is 2. The molecule has 2 amide bonds. The molecule has 0 spiro atoms. The molecule has 6 nitrogen and oxygen atoms in total. The van der Waals surface area contributed by atoms with Gasteiger partial charge in [-0.15, -0.1) is 6.58 Å². The number of aromatic hydroxyl groups is 1. The molecule has 0 aliphatic carbocycles. The molecule has 0 bridgehead atoms. The molecule has 0 radical (unpaired) electrons. The maximum absolute atomic E-state index is 13.0. The number of anilines is 1. The van der Waals surface area contributed by atoms with Gasteiger partial charge in [0.15, 0.2) is 5.17 Å². The van der Waals surface area contributed by atoms with Crippen molar-refractivity contribution in [3.05, 3.63) is 67.0 Å². The summed E-state index contributed by atoms with van der Waals surface area (Å²) in [5, 5.41) is 11.9. The Bertz CT molecular complexity index is 913. The van der Waals surface area contributed by atoms with Crippen molar-refractivity contribution >= 4 is 40.1 Å². The van der Waals surface area contributed by atoms with E-state index in [1.807, 2.05) is 0 Å². The topological polar surface area (TPSA) is 82.0 Å². The van der Waals surface area contributed by atoms with E-state index in [1.54, 1.807) is 18.2 Å². The fourth-order valence-electron chi connectivity index (χ4n) is 2.57. The van der Waals surface area contributed by atoms with Crippen molar-refractivity contribution in [2.75, 3.05) is 11.9 Å². The van der Waals surface area contributed by atoms with Crippen molar-refractivity contribution in [2.24, 2.45) is 4.99 Å². The van der Waals surface area contributed by atoms with Crippen LogP contribution in [0.25, 0.3) is 0 Å². The van der Waals surface area contributed by atoms with E-state index in [0.29, 0.717) is 16.5 Å². The zero-order chi connectivity index (χ0) is 20.1. The number of amidine groups is 1. The summed E-state index contributed by atoms with van der Waals surface area (Å²) in [6, 6.07) is 11.7. The van der Waals surface area contributed by atoms with Gasteiger partial charge in [-0.2, -0.15) is 0 Å². The molecule has 2 N–H and O–H groups in total. The third-order valence-electron chi connectivity index (χ3n) is 3.90. The molecule has 144 valence electrons. The van der Waals surface area contributed by atoms with Crippen LogP contribution in [0.3, 0.4) is 0 Å². The molecule has 3 rings (SSSR count). The number of phenols is 1. The second kappa shape index (κ2) is 8.71. The summed E-state index contributed by atoms with van der Waals surface area (Å²) in [7, 11) is 0. The van der Waals surface area contributed by atoms with Crippen LogP contribution in [0.15, 0.2) is 66.2 Å². The number of carbonyl (C=O) groups excluding carboxylic acids is 2. The molecule has 1 heterocycles. The number of halogens is 1. The van der Waals surface area contributed by atoms with Crippen molar-refractivity contribution < 1.29 is 19.1 Å². The minimum Gasteiger partial charge on any atom is -0.508 e. The summed E-state index contributed by atoms with van der Waals surface area (Å²) in [6.07, 6.45) is 1.55. The average Bonchev–Trinajstić information content (AvgIpc) is 2.94. The van der Waals surface area contributed by atoms with Gasteiger partial charge in [-0.25, -0.2) is 9.38 Å². The molecule has 0 saturated carbocycles. The van der Waals surface area contributed by atoms with E-state index in [4.69, 9.17) is 0 Å². The number of benzene rings is 2. The van der Waals surface area contributed by atoms with E-state index < -0.39 is 11.1 Å². The van der Waals surface area contributed by atoms with Gasteiger partial charge < -0.3 is 10.4 Å². The van der Waals surface area contributed by atoms with Crippen LogP contribution in [0.4, 0.5) is 15.8 Å². The minimum atomic E-state index is -0.615. The van der Waals surface area contributed by atoms with Gasteiger partial charge in [-0.1, -0.05) is 17.8 Å². The lowest BCUT2D eigenvalue weighted by Crippen LogP contribution is -2.33. The molecule has 1 aliphatic rings. The van der Waals surface area contributed by atoms with Crippen LogP contribution in [0.1, 0.15) is 6.42 Å². The first-order chi connectivity index (χ1) is 13.5. The molecule has 28 heavy (non-hydrogen) atoms. The number of nitrogens with one attached hydrogen (secondary N) is 1. The van der Waals surface area contributed by atoms with Crippen LogP contribution in [0.5, 0.6) is 5.75 Å². The van der Waals surface area contributed by atoms with Gasteiger partial charge in [0.1, 0.15) is 16.8 Å². The number of phenolic OH excluding ortho intramolecular Hbond substituents is 1. The highest BCUT2D eigenvalue weighted by Gasteiger charge is 2.38. The van der Waals surface area contributed by atoms with Gasteiger partial charge in [0, 0.05) is 18.7 Å². The Morgan fingerprint density at radius 3 is 2.57 bits per heavy atom. The molecular weight excluding hydrogens is 381 g/mol. The molecule has 1 aliphatic heterocycles. The van der Waals surface area contributed by atoms with Gasteiger partial charge >= 0.3 is 0 Å². The molecule has 2 aromatic rings. The molecular formula is C20H18FN3O3S. The fourth-order valence-corrected chi connectivity index (χ4v) is 3.74. The summed E-state index contributed by atoms with van der Waals surface area (Å²) < 4.78 is 13.0. The standard InChI is InChI=1S/C20H18FN3O3S/c1-2-11-24-19(27)17(12-18(26)22-14-5-3-13(21)4-6-14)28-20(24)23-15-7-9-16(25)10-8-15/h2-10,17,25H,1,11-12H2,(H,22,26)/t17-/m1/s1. The highest BCUT2D eigenvalue weighted by molar-refractivity contribution is 8.15. The third kappa shape index (κ3) is 4.77. The van der Waals surface area contributed by atoms with E-state index in [1.165, 1.54) is 53.1 Å². The van der Waals surface area contributed by atoms with E-state index in [2.05, 4.69) is 16.9 Å². The Labute approximate surface area is 165 Å². The van der Waals surface area contributed by atoms with Gasteiger partial charge in [0.05, 0.1) is 5.69 Å². The Kier molecular flexibility index (Phi) is 6.10. The van der Waals surface area contributed by atoms with Crippen LogP contribution >= 0.6 is 11.8 Å². The fraction of sp³-hybridized carbons (Fsp3) is 0.150. The van der Waals surface area contributed by atoms with Crippen LogP contribution in [-0.4, -0.2) is 38.8 Å². The quantitative estimate of drug-likeness (QED) is 0.726. The first-order valence-corrected chi connectivity index (χ1v) is 9.36. The number of hydrogen-bond acceptors (Lipinski definition) is 5. The van der Waals surface area contributed by atoms with E-state index in [9.17, 15) is 19.1 Å². The van der Waals surface area contributed by atoms with Gasteiger partial charge in [0.2, 0.25) is 11.8 Å². The van der Waals surface area contributed by atoms with E-state index in [-0.39, 0.29) is 30.5 Å².